The van der Waals surface area contributed by atoms with E-state index in [2.05, 4.69) is 5.32 Å². The number of carbonyl (C=O) groups excluding carboxylic acids is 2. The van der Waals surface area contributed by atoms with Gasteiger partial charge in [0.2, 0.25) is 0 Å². The molecule has 2 amide bonds. The number of aliphatic hydroxyl groups excluding tert-OH is 1. The van der Waals surface area contributed by atoms with Crippen LogP contribution >= 0.6 is 0 Å². The molecule has 0 saturated carbocycles. The van der Waals surface area contributed by atoms with Crippen molar-refractivity contribution < 1.29 is 24.2 Å². The maximum absolute atomic E-state index is 12.2. The molecule has 1 aromatic carbocycles. The topological polar surface area (TPSA) is 88.1 Å². The van der Waals surface area contributed by atoms with Gasteiger partial charge in [0, 0.05) is 6.54 Å². The van der Waals surface area contributed by atoms with Gasteiger partial charge in [-0.25, -0.2) is 9.59 Å². The highest BCUT2D eigenvalue weighted by Gasteiger charge is 2.31. The minimum Gasteiger partial charge on any atom is -0.445 e. The Balaban J connectivity index is 1.86. The number of hydrogen-bond acceptors (Lipinski definition) is 5. The minimum absolute atomic E-state index is 0.163. The van der Waals surface area contributed by atoms with E-state index in [4.69, 9.17) is 9.47 Å². The van der Waals surface area contributed by atoms with Crippen molar-refractivity contribution in [2.24, 2.45) is 0 Å². The van der Waals surface area contributed by atoms with E-state index in [1.54, 1.807) is 20.8 Å². The molecule has 1 aromatic rings. The van der Waals surface area contributed by atoms with Gasteiger partial charge in [0.05, 0.1) is 18.7 Å². The van der Waals surface area contributed by atoms with Gasteiger partial charge in [-0.15, -0.1) is 0 Å². The quantitative estimate of drug-likeness (QED) is 0.873. The molecular formula is C18H26N2O5. The highest BCUT2D eigenvalue weighted by molar-refractivity contribution is 5.69. The van der Waals surface area contributed by atoms with E-state index in [1.807, 2.05) is 30.3 Å². The highest BCUT2D eigenvalue weighted by atomic mass is 16.6. The number of ether oxygens (including phenoxy) is 2. The SMILES string of the molecule is CC(C)(C)OC(=O)NC1C[C@@H](O)CN(C(=O)OCc2ccccc2)C1. The van der Waals surface area contributed by atoms with Crippen LogP contribution < -0.4 is 5.32 Å². The zero-order valence-corrected chi connectivity index (χ0v) is 14.9. The Hall–Kier alpha value is -2.28. The number of hydrogen-bond donors (Lipinski definition) is 2. The molecule has 2 N–H and O–H groups in total. The lowest BCUT2D eigenvalue weighted by Gasteiger charge is -2.35. The number of carbonyl (C=O) groups is 2. The first-order valence-electron chi connectivity index (χ1n) is 8.36. The van der Waals surface area contributed by atoms with Gasteiger partial charge >= 0.3 is 12.2 Å². The predicted molar refractivity (Wildman–Crippen MR) is 92.0 cm³/mol. The molecule has 0 aromatic heterocycles. The van der Waals surface area contributed by atoms with Gasteiger partial charge in [-0.2, -0.15) is 0 Å². The third-order valence-electron chi connectivity index (χ3n) is 3.61. The second kappa shape index (κ2) is 8.20. The normalized spacial score (nSPS) is 20.7. The van der Waals surface area contributed by atoms with Crippen LogP contribution in [0, 0.1) is 0 Å². The Kier molecular flexibility index (Phi) is 6.25. The van der Waals surface area contributed by atoms with Gasteiger partial charge in [-0.3, -0.25) is 0 Å². The average Bonchev–Trinajstić information content (AvgIpc) is 2.51. The number of nitrogens with one attached hydrogen (secondary N) is 1. The Labute approximate surface area is 147 Å². The fourth-order valence-electron chi connectivity index (χ4n) is 2.61. The van der Waals surface area contributed by atoms with Gasteiger partial charge in [0.15, 0.2) is 0 Å². The number of alkyl carbamates (subject to hydrolysis) is 1. The lowest BCUT2D eigenvalue weighted by molar-refractivity contribution is 0.0234. The van der Waals surface area contributed by atoms with Crippen LogP contribution in [0.5, 0.6) is 0 Å². The number of β-amino-alcohol motifs (C(OH)–C–C–N with tert-alkyl or cyclic N) is 1. The lowest BCUT2D eigenvalue weighted by Crippen LogP contribution is -2.54. The number of benzene rings is 1. The Morgan fingerprint density at radius 3 is 2.56 bits per heavy atom. The largest absolute Gasteiger partial charge is 0.445 e. The van der Waals surface area contributed by atoms with E-state index in [0.717, 1.165) is 5.56 Å². The minimum atomic E-state index is -0.724. The van der Waals surface area contributed by atoms with Crippen molar-refractivity contribution in [1.29, 1.82) is 0 Å². The summed E-state index contributed by atoms with van der Waals surface area (Å²) in [6.07, 6.45) is -1.44. The number of likely N-dealkylation sites (tertiary alicyclic amines) is 1. The molecule has 1 unspecified atom stereocenters. The maximum atomic E-state index is 12.2. The summed E-state index contributed by atoms with van der Waals surface area (Å²) in [5.41, 5.74) is 0.280. The van der Waals surface area contributed by atoms with Gasteiger partial charge in [-0.1, -0.05) is 30.3 Å². The van der Waals surface area contributed by atoms with Gasteiger partial charge in [0.25, 0.3) is 0 Å². The van der Waals surface area contributed by atoms with Crippen LogP contribution in [-0.2, 0) is 16.1 Å². The first-order chi connectivity index (χ1) is 11.7. The van der Waals surface area contributed by atoms with E-state index >= 15 is 0 Å². The molecule has 25 heavy (non-hydrogen) atoms. The molecule has 0 aliphatic carbocycles. The third-order valence-corrected chi connectivity index (χ3v) is 3.61. The standard InChI is InChI=1S/C18H26N2O5/c1-18(2,3)25-16(22)19-14-9-15(21)11-20(10-14)17(23)24-12-13-7-5-4-6-8-13/h4-8,14-15,21H,9-12H2,1-3H3,(H,19,22)/t14?,15-/m1/s1. The Morgan fingerprint density at radius 1 is 1.24 bits per heavy atom. The monoisotopic (exact) mass is 350 g/mol. The highest BCUT2D eigenvalue weighted by Crippen LogP contribution is 2.14. The third kappa shape index (κ3) is 6.62. The predicted octanol–water partition coefficient (Wildman–Crippen LogP) is 2.28. The first kappa shape index (κ1) is 19.1. The number of nitrogens with zero attached hydrogens (tertiary/aromatic N) is 1. The fourth-order valence-corrected chi connectivity index (χ4v) is 2.61. The summed E-state index contributed by atoms with van der Waals surface area (Å²) >= 11 is 0. The van der Waals surface area contributed by atoms with Crippen LogP contribution in [0.1, 0.15) is 32.8 Å². The van der Waals surface area contributed by atoms with Crippen molar-refractivity contribution in [3.63, 3.8) is 0 Å². The van der Waals surface area contributed by atoms with Crippen LogP contribution in [0.25, 0.3) is 0 Å². The molecule has 1 heterocycles. The zero-order chi connectivity index (χ0) is 18.4. The molecule has 1 aliphatic heterocycles. The van der Waals surface area contributed by atoms with E-state index in [9.17, 15) is 14.7 Å². The summed E-state index contributed by atoms with van der Waals surface area (Å²) in [7, 11) is 0. The van der Waals surface area contributed by atoms with Crippen molar-refractivity contribution in [3.05, 3.63) is 35.9 Å². The van der Waals surface area contributed by atoms with Crippen molar-refractivity contribution in [3.8, 4) is 0 Å². The smallest absolute Gasteiger partial charge is 0.410 e. The molecule has 1 aliphatic rings. The van der Waals surface area contributed by atoms with Crippen LogP contribution in [0.3, 0.4) is 0 Å². The fraction of sp³-hybridized carbons (Fsp3) is 0.556. The van der Waals surface area contributed by atoms with Gasteiger partial charge in [0.1, 0.15) is 12.2 Å². The summed E-state index contributed by atoms with van der Waals surface area (Å²) in [6.45, 7) is 5.93. The summed E-state index contributed by atoms with van der Waals surface area (Å²) in [6, 6.07) is 8.97. The summed E-state index contributed by atoms with van der Waals surface area (Å²) in [5, 5.41) is 12.7. The number of rotatable bonds is 3. The molecule has 7 heteroatoms. The van der Waals surface area contributed by atoms with E-state index < -0.39 is 23.9 Å². The van der Waals surface area contributed by atoms with Crippen molar-refractivity contribution in [2.75, 3.05) is 13.1 Å². The van der Waals surface area contributed by atoms with Crippen LogP contribution in [0.4, 0.5) is 9.59 Å². The number of piperidine rings is 1. The second-order valence-corrected chi connectivity index (χ2v) is 7.18. The second-order valence-electron chi connectivity index (χ2n) is 7.18. The van der Waals surface area contributed by atoms with E-state index in [-0.39, 0.29) is 25.7 Å². The molecule has 2 rings (SSSR count). The van der Waals surface area contributed by atoms with Crippen molar-refractivity contribution in [2.45, 2.75) is 51.5 Å². The number of amides is 2. The van der Waals surface area contributed by atoms with Crippen molar-refractivity contribution in [1.82, 2.24) is 10.2 Å². The molecule has 2 atom stereocenters. The Bertz CT molecular complexity index is 585. The van der Waals surface area contributed by atoms with Gasteiger partial charge in [-0.05, 0) is 32.8 Å². The van der Waals surface area contributed by atoms with E-state index in [0.29, 0.717) is 6.42 Å². The molecular weight excluding hydrogens is 324 g/mol. The summed E-state index contributed by atoms with van der Waals surface area (Å²) in [4.78, 5) is 25.5. The average molecular weight is 350 g/mol. The molecule has 0 radical (unpaired) electrons. The first-order valence-corrected chi connectivity index (χ1v) is 8.36. The van der Waals surface area contributed by atoms with E-state index in [1.165, 1.54) is 4.90 Å². The zero-order valence-electron chi connectivity index (χ0n) is 14.9. The number of aliphatic hydroxyl groups is 1. The molecule has 0 spiro atoms. The lowest BCUT2D eigenvalue weighted by atomic mass is 10.0. The Morgan fingerprint density at radius 2 is 1.92 bits per heavy atom. The van der Waals surface area contributed by atoms with Crippen LogP contribution in [0.2, 0.25) is 0 Å². The summed E-state index contributed by atoms with van der Waals surface area (Å²) < 4.78 is 10.5. The molecule has 138 valence electrons. The molecule has 1 fully saturated rings. The molecule has 1 saturated heterocycles. The maximum Gasteiger partial charge on any atom is 0.410 e. The van der Waals surface area contributed by atoms with Crippen LogP contribution in [-0.4, -0.2) is 53.0 Å². The summed E-state index contributed by atoms with van der Waals surface area (Å²) in [5.74, 6) is 0. The van der Waals surface area contributed by atoms with Gasteiger partial charge < -0.3 is 24.8 Å². The van der Waals surface area contributed by atoms with Crippen molar-refractivity contribution >= 4 is 12.2 Å². The molecule has 7 nitrogen and oxygen atoms in total. The molecule has 0 bridgehead atoms. The van der Waals surface area contributed by atoms with Crippen LogP contribution in [0.15, 0.2) is 30.3 Å².